The predicted molar refractivity (Wildman–Crippen MR) is 70.6 cm³/mol. The Morgan fingerprint density at radius 2 is 2.05 bits per heavy atom. The zero-order valence-corrected chi connectivity index (χ0v) is 11.4. The zero-order chi connectivity index (χ0) is 15.3. The van der Waals surface area contributed by atoms with Crippen molar-refractivity contribution in [3.8, 4) is 0 Å². The third-order valence-corrected chi connectivity index (χ3v) is 3.18. The normalized spacial score (nSPS) is 20.2. The largest absolute Gasteiger partial charge is 0.405 e. The van der Waals surface area contributed by atoms with Crippen molar-refractivity contribution in [2.75, 3.05) is 32.8 Å². The second-order valence-corrected chi connectivity index (χ2v) is 4.90. The van der Waals surface area contributed by atoms with E-state index in [-0.39, 0.29) is 12.6 Å². The number of hydrogen-bond donors (Lipinski definition) is 1. The van der Waals surface area contributed by atoms with Crippen molar-refractivity contribution in [2.45, 2.75) is 12.3 Å². The molecular formula is C14H17F3N2O2. The van der Waals surface area contributed by atoms with Gasteiger partial charge in [0.25, 0.3) is 0 Å². The number of amides is 1. The number of carbonyl (C=O) groups is 1. The molecule has 1 fully saturated rings. The van der Waals surface area contributed by atoms with Crippen LogP contribution in [0.1, 0.15) is 11.7 Å². The lowest BCUT2D eigenvalue weighted by molar-refractivity contribution is -0.140. The van der Waals surface area contributed by atoms with Gasteiger partial charge in [-0.3, -0.25) is 9.69 Å². The van der Waals surface area contributed by atoms with Gasteiger partial charge in [-0.15, -0.1) is 0 Å². The molecule has 7 heteroatoms. The van der Waals surface area contributed by atoms with Gasteiger partial charge in [0.2, 0.25) is 5.91 Å². The quantitative estimate of drug-likeness (QED) is 0.921. The Kier molecular flexibility index (Phi) is 5.19. The number of alkyl halides is 3. The number of benzene rings is 1. The van der Waals surface area contributed by atoms with Crippen molar-refractivity contribution < 1.29 is 22.7 Å². The summed E-state index contributed by atoms with van der Waals surface area (Å²) in [5, 5.41) is 1.88. The van der Waals surface area contributed by atoms with Crippen molar-refractivity contribution in [1.29, 1.82) is 0 Å². The molecule has 0 aromatic heterocycles. The van der Waals surface area contributed by atoms with E-state index in [4.69, 9.17) is 4.74 Å². The van der Waals surface area contributed by atoms with Gasteiger partial charge < -0.3 is 10.1 Å². The number of halogens is 3. The van der Waals surface area contributed by atoms with Gasteiger partial charge in [-0.2, -0.15) is 13.2 Å². The SMILES string of the molecule is O=C(CN1CCOC(c2ccccc2)C1)NCC(F)(F)F. The summed E-state index contributed by atoms with van der Waals surface area (Å²) in [7, 11) is 0. The van der Waals surface area contributed by atoms with Crippen molar-refractivity contribution in [2.24, 2.45) is 0 Å². The minimum absolute atomic E-state index is 0.0528. The van der Waals surface area contributed by atoms with Gasteiger partial charge in [0, 0.05) is 13.1 Å². The molecule has 1 amide bonds. The second kappa shape index (κ2) is 6.91. The fourth-order valence-corrected chi connectivity index (χ4v) is 2.17. The Labute approximate surface area is 120 Å². The first-order chi connectivity index (χ1) is 9.94. The molecule has 21 heavy (non-hydrogen) atoms. The second-order valence-electron chi connectivity index (χ2n) is 4.90. The number of hydrogen-bond acceptors (Lipinski definition) is 3. The molecule has 0 bridgehead atoms. The summed E-state index contributed by atoms with van der Waals surface area (Å²) in [5.41, 5.74) is 0.998. The number of rotatable bonds is 4. The zero-order valence-electron chi connectivity index (χ0n) is 11.4. The summed E-state index contributed by atoms with van der Waals surface area (Å²) >= 11 is 0. The summed E-state index contributed by atoms with van der Waals surface area (Å²) in [6.07, 6.45) is -4.54. The van der Waals surface area contributed by atoms with Gasteiger partial charge in [-0.1, -0.05) is 30.3 Å². The molecule has 0 spiro atoms. The first-order valence-electron chi connectivity index (χ1n) is 6.66. The Bertz CT molecular complexity index is 465. The third kappa shape index (κ3) is 5.35. The third-order valence-electron chi connectivity index (χ3n) is 3.18. The summed E-state index contributed by atoms with van der Waals surface area (Å²) in [6, 6.07) is 9.55. The van der Waals surface area contributed by atoms with Crippen LogP contribution in [-0.2, 0) is 9.53 Å². The maximum Gasteiger partial charge on any atom is 0.405 e. The highest BCUT2D eigenvalue weighted by Gasteiger charge is 2.29. The van der Waals surface area contributed by atoms with E-state index in [1.54, 1.807) is 4.90 Å². The summed E-state index contributed by atoms with van der Waals surface area (Å²) in [5.74, 6) is -0.624. The van der Waals surface area contributed by atoms with Gasteiger partial charge in [-0.05, 0) is 5.56 Å². The van der Waals surface area contributed by atoms with E-state index >= 15 is 0 Å². The molecule has 0 aliphatic carbocycles. The molecule has 116 valence electrons. The number of ether oxygens (including phenoxy) is 1. The van der Waals surface area contributed by atoms with E-state index in [0.29, 0.717) is 19.7 Å². The minimum Gasteiger partial charge on any atom is -0.371 e. The molecule has 1 unspecified atom stereocenters. The van der Waals surface area contributed by atoms with E-state index in [2.05, 4.69) is 0 Å². The van der Waals surface area contributed by atoms with Crippen LogP contribution in [0, 0.1) is 0 Å². The lowest BCUT2D eigenvalue weighted by atomic mass is 10.1. The fraction of sp³-hybridized carbons (Fsp3) is 0.500. The van der Waals surface area contributed by atoms with Crippen LogP contribution >= 0.6 is 0 Å². The molecule has 0 saturated carbocycles. The first-order valence-corrected chi connectivity index (χ1v) is 6.66. The summed E-state index contributed by atoms with van der Waals surface area (Å²) in [6.45, 7) is 0.124. The van der Waals surface area contributed by atoms with E-state index < -0.39 is 18.6 Å². The van der Waals surface area contributed by atoms with Crippen molar-refractivity contribution in [3.05, 3.63) is 35.9 Å². The Balaban J connectivity index is 1.83. The van der Waals surface area contributed by atoms with E-state index in [9.17, 15) is 18.0 Å². The van der Waals surface area contributed by atoms with Crippen LogP contribution in [0.3, 0.4) is 0 Å². The van der Waals surface area contributed by atoms with Gasteiger partial charge >= 0.3 is 6.18 Å². The molecule has 4 nitrogen and oxygen atoms in total. The number of morpholine rings is 1. The van der Waals surface area contributed by atoms with Crippen LogP contribution in [-0.4, -0.2) is 49.8 Å². The van der Waals surface area contributed by atoms with Crippen LogP contribution in [0.25, 0.3) is 0 Å². The van der Waals surface area contributed by atoms with E-state index in [1.165, 1.54) is 0 Å². The predicted octanol–water partition coefficient (Wildman–Crippen LogP) is 1.74. The molecule has 0 radical (unpaired) electrons. The van der Waals surface area contributed by atoms with Crippen molar-refractivity contribution >= 4 is 5.91 Å². The topological polar surface area (TPSA) is 41.6 Å². The molecular weight excluding hydrogens is 285 g/mol. The van der Waals surface area contributed by atoms with E-state index in [0.717, 1.165) is 5.56 Å². The first kappa shape index (κ1) is 15.8. The molecule has 1 N–H and O–H groups in total. The standard InChI is InChI=1S/C14H17F3N2O2/c15-14(16,17)10-18-13(20)9-19-6-7-21-12(8-19)11-4-2-1-3-5-11/h1-5,12H,6-10H2,(H,18,20). The fourth-order valence-electron chi connectivity index (χ4n) is 2.17. The maximum absolute atomic E-state index is 12.0. The average molecular weight is 302 g/mol. The summed E-state index contributed by atoms with van der Waals surface area (Å²) in [4.78, 5) is 13.3. The van der Waals surface area contributed by atoms with Crippen LogP contribution in [0.2, 0.25) is 0 Å². The average Bonchev–Trinajstić information content (AvgIpc) is 2.46. The van der Waals surface area contributed by atoms with Gasteiger partial charge in [0.05, 0.1) is 19.3 Å². The Hall–Kier alpha value is -1.60. The van der Waals surface area contributed by atoms with Crippen LogP contribution in [0.15, 0.2) is 30.3 Å². The highest BCUT2D eigenvalue weighted by molar-refractivity contribution is 5.78. The van der Waals surface area contributed by atoms with Crippen LogP contribution < -0.4 is 5.32 Å². The highest BCUT2D eigenvalue weighted by atomic mass is 19.4. The maximum atomic E-state index is 12.0. The van der Waals surface area contributed by atoms with Gasteiger partial charge in [0.1, 0.15) is 6.54 Å². The number of nitrogens with zero attached hydrogens (tertiary/aromatic N) is 1. The highest BCUT2D eigenvalue weighted by Crippen LogP contribution is 2.21. The molecule has 1 saturated heterocycles. The minimum atomic E-state index is -4.38. The Morgan fingerprint density at radius 3 is 2.71 bits per heavy atom. The van der Waals surface area contributed by atoms with Gasteiger partial charge in [0.15, 0.2) is 0 Å². The van der Waals surface area contributed by atoms with Crippen LogP contribution in [0.5, 0.6) is 0 Å². The van der Waals surface area contributed by atoms with Crippen molar-refractivity contribution in [1.82, 2.24) is 10.2 Å². The Morgan fingerprint density at radius 1 is 1.33 bits per heavy atom. The number of nitrogens with one attached hydrogen (secondary N) is 1. The lowest BCUT2D eigenvalue weighted by Crippen LogP contribution is -2.45. The molecule has 1 aliphatic rings. The smallest absolute Gasteiger partial charge is 0.371 e. The van der Waals surface area contributed by atoms with E-state index in [1.807, 2.05) is 35.6 Å². The molecule has 2 rings (SSSR count). The molecule has 1 aromatic carbocycles. The van der Waals surface area contributed by atoms with Crippen molar-refractivity contribution in [3.63, 3.8) is 0 Å². The molecule has 1 heterocycles. The number of carbonyl (C=O) groups excluding carboxylic acids is 1. The molecule has 1 aromatic rings. The van der Waals surface area contributed by atoms with Gasteiger partial charge in [-0.25, -0.2) is 0 Å². The molecule has 1 atom stereocenters. The monoisotopic (exact) mass is 302 g/mol. The molecule has 1 aliphatic heterocycles. The van der Waals surface area contributed by atoms with Crippen LogP contribution in [0.4, 0.5) is 13.2 Å². The summed E-state index contributed by atoms with van der Waals surface area (Å²) < 4.78 is 41.7. The lowest BCUT2D eigenvalue weighted by Gasteiger charge is -2.32.